The molecule has 1 aromatic heterocycles. The van der Waals surface area contributed by atoms with Gasteiger partial charge in [-0.25, -0.2) is 4.98 Å². The molecule has 2 amide bonds. The Kier molecular flexibility index (Phi) is 4.19. The third kappa shape index (κ3) is 3.25. The van der Waals surface area contributed by atoms with Crippen LogP contribution in [0.5, 0.6) is 0 Å². The van der Waals surface area contributed by atoms with Gasteiger partial charge in [-0.3, -0.25) is 20.4 Å². The molecule has 0 aliphatic heterocycles. The molecule has 4 rings (SSSR count). The highest BCUT2D eigenvalue weighted by Gasteiger charge is 2.40. The highest BCUT2D eigenvalue weighted by molar-refractivity contribution is 5.84. The lowest BCUT2D eigenvalue weighted by atomic mass is 9.86. The number of carbonyl (C=O) groups is 2. The zero-order valence-corrected chi connectivity index (χ0v) is 14.5. The maximum absolute atomic E-state index is 12.1. The number of para-hydroxylation sites is 2. The van der Waals surface area contributed by atoms with Gasteiger partial charge in [-0.1, -0.05) is 18.6 Å². The van der Waals surface area contributed by atoms with E-state index in [-0.39, 0.29) is 18.2 Å². The van der Waals surface area contributed by atoms with E-state index in [0.717, 1.165) is 17.0 Å². The molecule has 2 aliphatic carbocycles. The smallest absolute Gasteiger partial charge is 0.245 e. The predicted octanol–water partition coefficient (Wildman–Crippen LogP) is 2.09. The summed E-state index contributed by atoms with van der Waals surface area (Å²) in [5.74, 6) is 2.38. The second-order valence-electron chi connectivity index (χ2n) is 7.49. The number of hydrazine groups is 1. The Labute approximate surface area is 147 Å². The first-order valence-electron chi connectivity index (χ1n) is 9.08. The molecule has 3 atom stereocenters. The molecule has 2 aromatic rings. The monoisotopic (exact) mass is 340 g/mol. The molecule has 0 saturated heterocycles. The van der Waals surface area contributed by atoms with Crippen molar-refractivity contribution in [1.82, 2.24) is 20.4 Å². The van der Waals surface area contributed by atoms with E-state index in [1.165, 1.54) is 25.7 Å². The summed E-state index contributed by atoms with van der Waals surface area (Å²) in [5, 5.41) is 0. The lowest BCUT2D eigenvalue weighted by Crippen LogP contribution is -2.43. The van der Waals surface area contributed by atoms with Gasteiger partial charge in [0.2, 0.25) is 11.8 Å². The minimum absolute atomic E-state index is 0.0871. The highest BCUT2D eigenvalue weighted by atomic mass is 16.2. The van der Waals surface area contributed by atoms with Gasteiger partial charge in [-0.15, -0.1) is 0 Å². The van der Waals surface area contributed by atoms with E-state index in [1.807, 2.05) is 35.9 Å². The van der Waals surface area contributed by atoms with E-state index in [9.17, 15) is 9.59 Å². The van der Waals surface area contributed by atoms with Crippen LogP contribution < -0.4 is 10.9 Å². The van der Waals surface area contributed by atoms with Crippen LogP contribution in [0.15, 0.2) is 24.3 Å². The van der Waals surface area contributed by atoms with Crippen LogP contribution in [0.2, 0.25) is 0 Å². The predicted molar refractivity (Wildman–Crippen MR) is 94.3 cm³/mol. The van der Waals surface area contributed by atoms with Crippen LogP contribution in [-0.2, 0) is 23.1 Å². The number of aromatic nitrogens is 2. The first-order valence-corrected chi connectivity index (χ1v) is 9.08. The SMILES string of the molecule is Cn1c(CC(=O)NNC(=O)CC2CC3CCC2C3)nc2ccccc21. The first-order chi connectivity index (χ1) is 12.1. The molecule has 6 heteroatoms. The Bertz CT molecular complexity index is 813. The minimum Gasteiger partial charge on any atom is -0.331 e. The van der Waals surface area contributed by atoms with Crippen molar-refractivity contribution in [2.45, 2.75) is 38.5 Å². The Morgan fingerprint density at radius 2 is 1.96 bits per heavy atom. The summed E-state index contributed by atoms with van der Waals surface area (Å²) < 4.78 is 1.91. The lowest BCUT2D eigenvalue weighted by Gasteiger charge is -2.20. The van der Waals surface area contributed by atoms with Crippen molar-refractivity contribution in [3.05, 3.63) is 30.1 Å². The number of nitrogens with zero attached hydrogens (tertiary/aromatic N) is 2. The molecule has 132 valence electrons. The number of carbonyl (C=O) groups excluding carboxylic acids is 2. The van der Waals surface area contributed by atoms with Crippen molar-refractivity contribution in [3.8, 4) is 0 Å². The second kappa shape index (κ2) is 6.50. The van der Waals surface area contributed by atoms with Gasteiger partial charge in [0.05, 0.1) is 17.5 Å². The fourth-order valence-corrected chi connectivity index (χ4v) is 4.60. The molecular formula is C19H24N4O2. The topological polar surface area (TPSA) is 76.0 Å². The average molecular weight is 340 g/mol. The molecule has 1 heterocycles. The molecule has 1 aromatic carbocycles. The van der Waals surface area contributed by atoms with Crippen LogP contribution >= 0.6 is 0 Å². The normalized spacial score (nSPS) is 24.6. The van der Waals surface area contributed by atoms with Crippen molar-refractivity contribution >= 4 is 22.8 Å². The van der Waals surface area contributed by atoms with Gasteiger partial charge in [0.25, 0.3) is 0 Å². The molecule has 25 heavy (non-hydrogen) atoms. The van der Waals surface area contributed by atoms with E-state index in [4.69, 9.17) is 0 Å². The summed E-state index contributed by atoms with van der Waals surface area (Å²) in [6.45, 7) is 0. The van der Waals surface area contributed by atoms with Crippen molar-refractivity contribution in [3.63, 3.8) is 0 Å². The number of fused-ring (bicyclic) bond motifs is 3. The average Bonchev–Trinajstić information content (AvgIpc) is 3.29. The Hall–Kier alpha value is -2.37. The molecule has 2 bridgehead atoms. The molecule has 2 fully saturated rings. The van der Waals surface area contributed by atoms with Crippen LogP contribution in [0.25, 0.3) is 11.0 Å². The molecule has 2 saturated carbocycles. The summed E-state index contributed by atoms with van der Waals surface area (Å²) in [5.41, 5.74) is 6.96. The van der Waals surface area contributed by atoms with Crippen LogP contribution in [0.3, 0.4) is 0 Å². The summed E-state index contributed by atoms with van der Waals surface area (Å²) in [6.07, 6.45) is 5.72. The van der Waals surface area contributed by atoms with Crippen molar-refractivity contribution in [2.75, 3.05) is 0 Å². The van der Waals surface area contributed by atoms with Crippen LogP contribution in [0.4, 0.5) is 0 Å². The summed E-state index contributed by atoms with van der Waals surface area (Å²) >= 11 is 0. The molecule has 2 aliphatic rings. The van der Waals surface area contributed by atoms with Gasteiger partial charge in [0, 0.05) is 13.5 Å². The number of hydrogen-bond acceptors (Lipinski definition) is 3. The molecule has 0 radical (unpaired) electrons. The van der Waals surface area contributed by atoms with Crippen molar-refractivity contribution in [1.29, 1.82) is 0 Å². The third-order valence-corrected chi connectivity index (χ3v) is 5.87. The molecule has 0 spiro atoms. The Morgan fingerprint density at radius 1 is 1.16 bits per heavy atom. The molecule has 6 nitrogen and oxygen atoms in total. The Morgan fingerprint density at radius 3 is 2.68 bits per heavy atom. The molecular weight excluding hydrogens is 316 g/mol. The quantitative estimate of drug-likeness (QED) is 0.837. The maximum atomic E-state index is 12.1. The second-order valence-corrected chi connectivity index (χ2v) is 7.49. The standard InChI is InChI=1S/C19H24N4O2/c1-23-16-5-3-2-4-15(16)20-17(23)11-19(25)22-21-18(24)10-14-9-12-6-7-13(14)8-12/h2-5,12-14H,6-11H2,1H3,(H,21,24)(H,22,25). The van der Waals surface area contributed by atoms with Gasteiger partial charge >= 0.3 is 0 Å². The van der Waals surface area contributed by atoms with Gasteiger partial charge < -0.3 is 4.57 Å². The molecule has 3 unspecified atom stereocenters. The lowest BCUT2D eigenvalue weighted by molar-refractivity contribution is -0.129. The zero-order chi connectivity index (χ0) is 17.4. The number of imidazole rings is 1. The van der Waals surface area contributed by atoms with Crippen LogP contribution in [0, 0.1) is 17.8 Å². The van der Waals surface area contributed by atoms with E-state index < -0.39 is 0 Å². The fourth-order valence-electron chi connectivity index (χ4n) is 4.60. The number of nitrogens with one attached hydrogen (secondary N) is 2. The van der Waals surface area contributed by atoms with Gasteiger partial charge in [0.1, 0.15) is 5.82 Å². The first kappa shape index (κ1) is 16.1. The third-order valence-electron chi connectivity index (χ3n) is 5.87. The summed E-state index contributed by atoms with van der Waals surface area (Å²) in [4.78, 5) is 28.7. The number of aryl methyl sites for hydroxylation is 1. The van der Waals surface area contributed by atoms with E-state index in [1.54, 1.807) is 0 Å². The maximum Gasteiger partial charge on any atom is 0.245 e. The van der Waals surface area contributed by atoms with Crippen LogP contribution in [0.1, 0.15) is 37.9 Å². The van der Waals surface area contributed by atoms with Crippen LogP contribution in [-0.4, -0.2) is 21.4 Å². The van der Waals surface area contributed by atoms with E-state index in [2.05, 4.69) is 15.8 Å². The minimum atomic E-state index is -0.250. The summed E-state index contributed by atoms with van der Waals surface area (Å²) in [7, 11) is 1.89. The zero-order valence-electron chi connectivity index (χ0n) is 14.5. The Balaban J connectivity index is 1.28. The van der Waals surface area contributed by atoms with Gasteiger partial charge in [-0.2, -0.15) is 0 Å². The van der Waals surface area contributed by atoms with Crippen molar-refractivity contribution < 1.29 is 9.59 Å². The van der Waals surface area contributed by atoms with Gasteiger partial charge in [-0.05, 0) is 49.1 Å². The summed E-state index contributed by atoms with van der Waals surface area (Å²) in [6, 6.07) is 7.77. The van der Waals surface area contributed by atoms with Gasteiger partial charge in [0.15, 0.2) is 0 Å². The van der Waals surface area contributed by atoms with E-state index >= 15 is 0 Å². The van der Waals surface area contributed by atoms with E-state index in [0.29, 0.717) is 24.1 Å². The largest absolute Gasteiger partial charge is 0.331 e. The fraction of sp³-hybridized carbons (Fsp3) is 0.526. The number of hydrogen-bond donors (Lipinski definition) is 2. The van der Waals surface area contributed by atoms with Crippen molar-refractivity contribution in [2.24, 2.45) is 24.8 Å². The number of benzene rings is 1. The molecule has 2 N–H and O–H groups in total. The number of rotatable bonds is 4. The highest BCUT2D eigenvalue weighted by Crippen LogP contribution is 2.49. The number of amides is 2.